The van der Waals surface area contributed by atoms with Gasteiger partial charge >= 0.3 is 10.2 Å². The van der Waals surface area contributed by atoms with E-state index in [-0.39, 0.29) is 24.6 Å². The third-order valence-corrected chi connectivity index (χ3v) is 3.97. The number of carbonyl (C=O) groups excluding carboxylic acids is 1. The van der Waals surface area contributed by atoms with Gasteiger partial charge in [0.25, 0.3) is 0 Å². The maximum atomic E-state index is 13.8. The van der Waals surface area contributed by atoms with Crippen LogP contribution in [0, 0.1) is 18.7 Å². The van der Waals surface area contributed by atoms with Gasteiger partial charge in [-0.15, -0.1) is 3.89 Å². The molecule has 1 aliphatic rings. The first kappa shape index (κ1) is 13.9. The number of aryl methyl sites for hydroxylation is 1. The second-order valence-electron chi connectivity index (χ2n) is 4.69. The molecule has 1 unspecified atom stereocenters. The van der Waals surface area contributed by atoms with Crippen molar-refractivity contribution in [1.82, 2.24) is 0 Å². The molecule has 1 fully saturated rings. The van der Waals surface area contributed by atoms with Crippen LogP contribution in [0.15, 0.2) is 18.2 Å². The number of nitrogens with zero attached hydrogens (tertiary/aromatic N) is 1. The molecule has 1 aliphatic heterocycles. The van der Waals surface area contributed by atoms with E-state index < -0.39 is 27.7 Å². The first-order chi connectivity index (χ1) is 8.78. The smallest absolute Gasteiger partial charge is 0.302 e. The predicted octanol–water partition coefficient (Wildman–Crippen LogP) is 1.79. The lowest BCUT2D eigenvalue weighted by molar-refractivity contribution is -0.117. The summed E-state index contributed by atoms with van der Waals surface area (Å²) in [4.78, 5) is 13.0. The highest BCUT2D eigenvalue weighted by atomic mass is 32.3. The molecule has 1 heterocycles. The molecule has 0 aromatic heterocycles. The summed E-state index contributed by atoms with van der Waals surface area (Å²) in [5.74, 6) is -2.27. The summed E-state index contributed by atoms with van der Waals surface area (Å²) in [7, 11) is -4.63. The van der Waals surface area contributed by atoms with Gasteiger partial charge in [0.1, 0.15) is 5.82 Å². The van der Waals surface area contributed by atoms with Crippen LogP contribution in [-0.4, -0.2) is 26.6 Å². The summed E-state index contributed by atoms with van der Waals surface area (Å²) in [6, 6.07) is 4.41. The van der Waals surface area contributed by atoms with Crippen LogP contribution in [0.2, 0.25) is 0 Å². The fraction of sp³-hybridized carbons (Fsp3) is 0.417. The zero-order valence-corrected chi connectivity index (χ0v) is 11.1. The molecule has 0 radical (unpaired) electrons. The number of rotatable bonds is 3. The van der Waals surface area contributed by atoms with Crippen molar-refractivity contribution in [1.29, 1.82) is 0 Å². The topological polar surface area (TPSA) is 54.5 Å². The Labute approximate surface area is 110 Å². The molecule has 0 bridgehead atoms. The molecule has 1 saturated heterocycles. The zero-order chi connectivity index (χ0) is 14.2. The van der Waals surface area contributed by atoms with E-state index in [1.54, 1.807) is 13.0 Å². The van der Waals surface area contributed by atoms with Gasteiger partial charge in [-0.2, -0.15) is 8.42 Å². The minimum Gasteiger partial charge on any atom is -0.309 e. The fourth-order valence-electron chi connectivity index (χ4n) is 2.36. The van der Waals surface area contributed by atoms with Gasteiger partial charge in [-0.3, -0.25) is 4.79 Å². The van der Waals surface area contributed by atoms with Gasteiger partial charge in [0.2, 0.25) is 5.91 Å². The van der Waals surface area contributed by atoms with E-state index >= 15 is 0 Å². The van der Waals surface area contributed by atoms with Crippen LogP contribution in [0.5, 0.6) is 0 Å². The van der Waals surface area contributed by atoms with Crippen molar-refractivity contribution in [2.24, 2.45) is 5.92 Å². The van der Waals surface area contributed by atoms with E-state index in [2.05, 4.69) is 0 Å². The molecule has 0 saturated carbocycles. The van der Waals surface area contributed by atoms with Gasteiger partial charge in [0.05, 0.1) is 11.4 Å². The SMILES string of the molecule is Cc1cccc(F)c1N1CC(CS(=O)(=O)F)CC1=O. The normalized spacial score (nSPS) is 20.1. The quantitative estimate of drug-likeness (QED) is 0.797. The van der Waals surface area contributed by atoms with Crippen molar-refractivity contribution >= 4 is 21.8 Å². The van der Waals surface area contributed by atoms with E-state index in [1.165, 1.54) is 17.0 Å². The lowest BCUT2D eigenvalue weighted by Gasteiger charge is -2.19. The van der Waals surface area contributed by atoms with Crippen molar-refractivity contribution < 1.29 is 21.5 Å². The minimum atomic E-state index is -4.63. The van der Waals surface area contributed by atoms with Crippen LogP contribution in [0.4, 0.5) is 14.0 Å². The summed E-state index contributed by atoms with van der Waals surface area (Å²) < 4.78 is 47.6. The molecule has 4 nitrogen and oxygen atoms in total. The Balaban J connectivity index is 2.26. The number of carbonyl (C=O) groups is 1. The van der Waals surface area contributed by atoms with Gasteiger partial charge in [0.15, 0.2) is 0 Å². The number of amides is 1. The maximum absolute atomic E-state index is 13.8. The molecule has 0 spiro atoms. The molecule has 104 valence electrons. The highest BCUT2D eigenvalue weighted by Crippen LogP contribution is 2.30. The molecule has 0 aliphatic carbocycles. The molecular formula is C12H13F2NO3S. The number of halogens is 2. The Kier molecular flexibility index (Phi) is 3.58. The average molecular weight is 289 g/mol. The summed E-state index contributed by atoms with van der Waals surface area (Å²) in [6.45, 7) is 1.68. The Hall–Kier alpha value is -1.50. The van der Waals surface area contributed by atoms with Crippen LogP contribution >= 0.6 is 0 Å². The van der Waals surface area contributed by atoms with Crippen molar-refractivity contribution in [3.63, 3.8) is 0 Å². The zero-order valence-electron chi connectivity index (χ0n) is 10.3. The molecule has 1 amide bonds. The number of para-hydroxylation sites is 1. The fourth-order valence-corrected chi connectivity index (χ4v) is 3.14. The predicted molar refractivity (Wildman–Crippen MR) is 66.5 cm³/mol. The number of hydrogen-bond acceptors (Lipinski definition) is 3. The van der Waals surface area contributed by atoms with Crippen LogP contribution in [0.3, 0.4) is 0 Å². The second-order valence-corrected chi connectivity index (χ2v) is 6.10. The number of anilines is 1. The molecule has 1 aromatic carbocycles. The Morgan fingerprint density at radius 3 is 2.68 bits per heavy atom. The van der Waals surface area contributed by atoms with Gasteiger partial charge in [-0.25, -0.2) is 4.39 Å². The Morgan fingerprint density at radius 2 is 2.11 bits per heavy atom. The van der Waals surface area contributed by atoms with Crippen molar-refractivity contribution in [2.45, 2.75) is 13.3 Å². The first-order valence-corrected chi connectivity index (χ1v) is 7.31. The van der Waals surface area contributed by atoms with Gasteiger partial charge in [-0.1, -0.05) is 12.1 Å². The Bertz CT molecular complexity index is 595. The van der Waals surface area contributed by atoms with E-state index in [0.29, 0.717) is 5.56 Å². The lowest BCUT2D eigenvalue weighted by Crippen LogP contribution is -2.27. The van der Waals surface area contributed by atoms with Crippen molar-refractivity contribution in [3.8, 4) is 0 Å². The van der Waals surface area contributed by atoms with Crippen LogP contribution in [0.1, 0.15) is 12.0 Å². The molecule has 7 heteroatoms. The van der Waals surface area contributed by atoms with Gasteiger partial charge in [0, 0.05) is 18.9 Å². The standard InChI is InChI=1S/C12H13F2NO3S/c1-8-3-2-4-10(13)12(8)15-6-9(5-11(15)16)7-19(14,17)18/h2-4,9H,5-7H2,1H3. The summed E-state index contributed by atoms with van der Waals surface area (Å²) >= 11 is 0. The van der Waals surface area contributed by atoms with Gasteiger partial charge in [-0.05, 0) is 18.6 Å². The first-order valence-electron chi connectivity index (χ1n) is 5.76. The molecule has 1 aromatic rings. The van der Waals surface area contributed by atoms with Crippen LogP contribution in [0.25, 0.3) is 0 Å². The number of hydrogen-bond donors (Lipinski definition) is 0. The average Bonchev–Trinajstić information content (AvgIpc) is 2.56. The third kappa shape index (κ3) is 3.09. The maximum Gasteiger partial charge on any atom is 0.302 e. The van der Waals surface area contributed by atoms with Crippen LogP contribution < -0.4 is 4.90 Å². The molecule has 19 heavy (non-hydrogen) atoms. The van der Waals surface area contributed by atoms with E-state index in [0.717, 1.165) is 0 Å². The van der Waals surface area contributed by atoms with E-state index in [1.807, 2.05) is 0 Å². The molecule has 1 atom stereocenters. The lowest BCUT2D eigenvalue weighted by atomic mass is 10.1. The molecule has 0 N–H and O–H groups in total. The summed E-state index contributed by atoms with van der Waals surface area (Å²) in [6.07, 6.45) is -0.0864. The van der Waals surface area contributed by atoms with Gasteiger partial charge < -0.3 is 4.90 Å². The van der Waals surface area contributed by atoms with E-state index in [4.69, 9.17) is 0 Å². The Morgan fingerprint density at radius 1 is 1.42 bits per heavy atom. The monoisotopic (exact) mass is 289 g/mol. The minimum absolute atomic E-state index is 0.0176. The highest BCUT2D eigenvalue weighted by molar-refractivity contribution is 7.86. The summed E-state index contributed by atoms with van der Waals surface area (Å²) in [5.41, 5.74) is 0.725. The third-order valence-electron chi connectivity index (χ3n) is 3.10. The second kappa shape index (κ2) is 4.88. The van der Waals surface area contributed by atoms with Crippen molar-refractivity contribution in [2.75, 3.05) is 17.2 Å². The molecular weight excluding hydrogens is 276 g/mol. The van der Waals surface area contributed by atoms with Crippen molar-refractivity contribution in [3.05, 3.63) is 29.6 Å². The summed E-state index contributed by atoms with van der Waals surface area (Å²) in [5, 5.41) is 0. The number of benzene rings is 1. The molecule has 2 rings (SSSR count). The van der Waals surface area contributed by atoms with Crippen LogP contribution in [-0.2, 0) is 15.0 Å². The van der Waals surface area contributed by atoms with E-state index in [9.17, 15) is 21.5 Å². The highest BCUT2D eigenvalue weighted by Gasteiger charge is 2.35. The largest absolute Gasteiger partial charge is 0.309 e.